The van der Waals surface area contributed by atoms with Crippen LogP contribution in [-0.2, 0) is 44.9 Å². The van der Waals surface area contributed by atoms with Crippen LogP contribution < -0.4 is 34.0 Å². The highest BCUT2D eigenvalue weighted by Gasteiger charge is 2.08. The largest absolute Gasteiger partial charge is 0.399 e. The highest BCUT2D eigenvalue weighted by molar-refractivity contribution is 5.62. The Morgan fingerprint density at radius 3 is 0.689 bits per heavy atom. The van der Waals surface area contributed by atoms with E-state index in [1.165, 1.54) is 72.3 Å². The first-order valence-corrected chi connectivity index (χ1v) is 25.0. The Labute approximate surface area is 438 Å². The van der Waals surface area contributed by atoms with Crippen molar-refractivity contribution < 1.29 is 0 Å². The SMILES string of the molecule is C.Nc1ccc(Cc2ccc(Cc3ccc(Cc4ccc(N)c(Cc5ccc(Nc6ccc(N)cc6)cc5)c4)cc3)cc2)cc1.Nc1ccc(Cc2ccc(Cc3ccc(Cc4ccc(N)cc4)cc3)cc2)cc1. The van der Waals surface area contributed by atoms with Crippen LogP contribution in [0.25, 0.3) is 0 Å². The van der Waals surface area contributed by atoms with E-state index in [1.807, 2.05) is 66.7 Å². The third-order valence-corrected chi connectivity index (χ3v) is 13.2. The Balaban J connectivity index is 0.000000211. The summed E-state index contributed by atoms with van der Waals surface area (Å²) in [5.74, 6) is 0. The van der Waals surface area contributed by atoms with Crippen molar-refractivity contribution >= 4 is 39.8 Å². The predicted molar refractivity (Wildman–Crippen MR) is 316 cm³/mol. The summed E-state index contributed by atoms with van der Waals surface area (Å²) in [6.45, 7) is 0. The second-order valence-corrected chi connectivity index (χ2v) is 19.2. The van der Waals surface area contributed by atoms with Crippen molar-refractivity contribution in [1.82, 2.24) is 0 Å². The lowest BCUT2D eigenvalue weighted by molar-refractivity contribution is 1.12. The van der Waals surface area contributed by atoms with E-state index in [0.29, 0.717) is 0 Å². The summed E-state index contributed by atoms with van der Waals surface area (Å²) in [5, 5.41) is 3.42. The number of benzene rings is 10. The van der Waals surface area contributed by atoms with Gasteiger partial charge in [-0.05, 0) is 202 Å². The van der Waals surface area contributed by atoms with Crippen molar-refractivity contribution in [3.8, 4) is 0 Å². The van der Waals surface area contributed by atoms with E-state index in [2.05, 4.69) is 175 Å². The normalized spacial score (nSPS) is 10.7. The molecule has 0 amide bonds. The lowest BCUT2D eigenvalue weighted by atomic mass is 9.96. The number of anilines is 7. The zero-order valence-corrected chi connectivity index (χ0v) is 41.4. The Morgan fingerprint density at radius 1 is 0.216 bits per heavy atom. The number of rotatable bonds is 16. The van der Waals surface area contributed by atoms with Gasteiger partial charge in [0.15, 0.2) is 0 Å². The van der Waals surface area contributed by atoms with E-state index in [4.69, 9.17) is 28.7 Å². The van der Waals surface area contributed by atoms with Gasteiger partial charge in [0.1, 0.15) is 0 Å². The molecule has 0 saturated carbocycles. The first-order chi connectivity index (χ1) is 35.6. The van der Waals surface area contributed by atoms with Crippen LogP contribution in [-0.4, -0.2) is 0 Å². The zero-order chi connectivity index (χ0) is 50.4. The van der Waals surface area contributed by atoms with Crippen molar-refractivity contribution in [2.45, 2.75) is 52.4 Å². The molecule has 74 heavy (non-hydrogen) atoms. The number of nitrogen functional groups attached to an aromatic ring is 5. The molecule has 0 fully saturated rings. The van der Waals surface area contributed by atoms with Gasteiger partial charge in [0, 0.05) is 39.8 Å². The Morgan fingerprint density at radius 2 is 0.405 bits per heavy atom. The fourth-order valence-electron chi connectivity index (χ4n) is 9.00. The smallest absolute Gasteiger partial charge is 0.0385 e. The molecular weight excluding hydrogens is 901 g/mol. The van der Waals surface area contributed by atoms with Gasteiger partial charge in [-0.3, -0.25) is 0 Å². The van der Waals surface area contributed by atoms with Crippen molar-refractivity contribution in [3.63, 3.8) is 0 Å². The summed E-state index contributed by atoms with van der Waals surface area (Å²) >= 11 is 0. The van der Waals surface area contributed by atoms with Gasteiger partial charge in [-0.15, -0.1) is 0 Å². The minimum atomic E-state index is 0. The molecule has 0 aliphatic heterocycles. The number of nitrogens with two attached hydrogens (primary N) is 5. The fraction of sp³-hybridized carbons (Fsp3) is 0.118. The Bertz CT molecular complexity index is 3200. The molecule has 0 heterocycles. The van der Waals surface area contributed by atoms with E-state index >= 15 is 0 Å². The first kappa shape index (κ1) is 51.4. The average molecular weight is 969 g/mol. The molecule has 370 valence electrons. The summed E-state index contributed by atoms with van der Waals surface area (Å²) in [7, 11) is 0. The molecule has 0 radical (unpaired) electrons. The van der Waals surface area contributed by atoms with Crippen molar-refractivity contribution in [2.24, 2.45) is 0 Å². The number of hydrogen-bond acceptors (Lipinski definition) is 6. The van der Waals surface area contributed by atoms with Gasteiger partial charge < -0.3 is 34.0 Å². The molecule has 11 N–H and O–H groups in total. The Hall–Kier alpha value is -9.00. The first-order valence-electron chi connectivity index (χ1n) is 25.0. The van der Waals surface area contributed by atoms with Gasteiger partial charge in [-0.25, -0.2) is 0 Å². The molecule has 0 saturated heterocycles. The Kier molecular flexibility index (Phi) is 17.3. The molecule has 0 bridgehead atoms. The van der Waals surface area contributed by atoms with Crippen LogP contribution >= 0.6 is 0 Å². The van der Waals surface area contributed by atoms with Crippen LogP contribution in [0.2, 0.25) is 0 Å². The predicted octanol–water partition coefficient (Wildman–Crippen LogP) is 14.8. The lowest BCUT2D eigenvalue weighted by Crippen LogP contribution is -1.99. The molecular formula is C68H68N6. The summed E-state index contributed by atoms with van der Waals surface area (Å²) in [4.78, 5) is 0. The maximum atomic E-state index is 6.39. The van der Waals surface area contributed by atoms with Gasteiger partial charge in [-0.1, -0.05) is 165 Å². The van der Waals surface area contributed by atoms with Crippen LogP contribution in [0.5, 0.6) is 0 Å². The maximum Gasteiger partial charge on any atom is 0.0385 e. The fourth-order valence-corrected chi connectivity index (χ4v) is 9.00. The standard InChI is InChI=1S/C40H38N4.C27H26N2.CH4/c41-36-14-9-32(10-15-36)24-30-3-1-28(2-4-30)23-29-5-7-31(8-6-29)25-34-13-22-40(43)35(27-34)26-33-11-18-38(19-12-33)44-39-20-16-37(42)17-21-39;28-26-13-9-24(10-14-26)18-22-5-1-20(2-6-22)17-21-3-7-23(8-4-21)19-25-11-15-27(29)16-12-25;/h1-22,27,44H,23-26,41-43H2;1-16H,17-19,28-29H2;1H4. The van der Waals surface area contributed by atoms with E-state index in [-0.39, 0.29) is 7.43 Å². The summed E-state index contributed by atoms with van der Waals surface area (Å²) in [6, 6.07) is 82.7. The monoisotopic (exact) mass is 969 g/mol. The minimum Gasteiger partial charge on any atom is -0.399 e. The minimum absolute atomic E-state index is 0. The molecule has 10 aromatic carbocycles. The number of nitrogens with one attached hydrogen (secondary N) is 1. The molecule has 0 unspecified atom stereocenters. The lowest BCUT2D eigenvalue weighted by Gasteiger charge is -2.11. The third kappa shape index (κ3) is 15.3. The topological polar surface area (TPSA) is 142 Å². The molecule has 6 heteroatoms. The quantitative estimate of drug-likeness (QED) is 0.0533. The summed E-state index contributed by atoms with van der Waals surface area (Å²) in [6.07, 6.45) is 6.31. The van der Waals surface area contributed by atoms with Crippen LogP contribution in [0.4, 0.5) is 39.8 Å². The van der Waals surface area contributed by atoms with E-state index < -0.39 is 0 Å². The molecule has 0 atom stereocenters. The average Bonchev–Trinajstić information content (AvgIpc) is 3.41. The molecule has 0 aliphatic carbocycles. The molecule has 0 spiro atoms. The highest BCUT2D eigenvalue weighted by Crippen LogP contribution is 2.25. The molecule has 10 aromatic rings. The van der Waals surface area contributed by atoms with Crippen molar-refractivity contribution in [1.29, 1.82) is 0 Å². The summed E-state index contributed by atoms with van der Waals surface area (Å²) in [5.41, 5.74) is 53.6. The van der Waals surface area contributed by atoms with E-state index in [1.54, 1.807) is 0 Å². The van der Waals surface area contributed by atoms with Gasteiger partial charge in [-0.2, -0.15) is 0 Å². The van der Waals surface area contributed by atoms with Gasteiger partial charge in [0.05, 0.1) is 0 Å². The van der Waals surface area contributed by atoms with Crippen LogP contribution in [0.1, 0.15) is 85.3 Å². The molecule has 10 rings (SSSR count). The highest BCUT2D eigenvalue weighted by atomic mass is 14.9. The van der Waals surface area contributed by atoms with Crippen LogP contribution in [0.15, 0.2) is 237 Å². The third-order valence-electron chi connectivity index (χ3n) is 13.2. The molecule has 0 aromatic heterocycles. The second kappa shape index (κ2) is 24.9. The van der Waals surface area contributed by atoms with Gasteiger partial charge >= 0.3 is 0 Å². The maximum absolute atomic E-state index is 6.39. The van der Waals surface area contributed by atoms with Crippen LogP contribution in [0, 0.1) is 0 Å². The van der Waals surface area contributed by atoms with Gasteiger partial charge in [0.2, 0.25) is 0 Å². The van der Waals surface area contributed by atoms with Gasteiger partial charge in [0.25, 0.3) is 0 Å². The second-order valence-electron chi connectivity index (χ2n) is 19.2. The van der Waals surface area contributed by atoms with Crippen LogP contribution in [0.3, 0.4) is 0 Å². The number of hydrogen-bond donors (Lipinski definition) is 6. The molecule has 0 aliphatic rings. The van der Waals surface area contributed by atoms with Crippen molar-refractivity contribution in [3.05, 3.63) is 314 Å². The zero-order valence-electron chi connectivity index (χ0n) is 41.4. The molecule has 6 nitrogen and oxygen atoms in total. The van der Waals surface area contributed by atoms with E-state index in [9.17, 15) is 0 Å². The van der Waals surface area contributed by atoms with E-state index in [0.717, 1.165) is 90.3 Å². The van der Waals surface area contributed by atoms with Crippen molar-refractivity contribution in [2.75, 3.05) is 34.0 Å². The summed E-state index contributed by atoms with van der Waals surface area (Å²) < 4.78 is 0.